The summed E-state index contributed by atoms with van der Waals surface area (Å²) in [5.41, 5.74) is 0. The molecular weight excluding hydrogens is 339 g/mol. The van der Waals surface area contributed by atoms with Crippen molar-refractivity contribution in [1.29, 1.82) is 0 Å². The summed E-state index contributed by atoms with van der Waals surface area (Å²) in [6.07, 6.45) is 0. The van der Waals surface area contributed by atoms with E-state index < -0.39 is 19.1 Å². The second kappa shape index (κ2) is 5.04. The summed E-state index contributed by atoms with van der Waals surface area (Å²) in [5.74, 6) is 0. The summed E-state index contributed by atoms with van der Waals surface area (Å²) in [5, 5.41) is 0. The minimum atomic E-state index is -1.82. The maximum absolute atomic E-state index is 3.90. The van der Waals surface area contributed by atoms with Crippen LogP contribution in [-0.4, -0.2) is 19.1 Å². The zero-order chi connectivity index (χ0) is 9.80. The molecule has 14 heavy (non-hydrogen) atoms. The molecule has 0 spiro atoms. The molecule has 0 bridgehead atoms. The molecule has 0 unspecified atom stereocenters. The molecule has 0 aromatic heterocycles. The predicted octanol–water partition coefficient (Wildman–Crippen LogP) is 2.19. The minimum absolute atomic E-state index is 1.50. The van der Waals surface area contributed by atoms with E-state index >= 15 is 0 Å². The Morgan fingerprint density at radius 3 is 1.36 bits per heavy atom. The average Bonchev–Trinajstić information content (AvgIpc) is 2.30. The van der Waals surface area contributed by atoms with E-state index in [-0.39, 0.29) is 0 Å². The standard InChI is InChI=1S/2C6H5.BrH.In/c2*1-2-4-6-5-3-1;;/h2*1-5H;1H;/q;;;+1/p-1. The van der Waals surface area contributed by atoms with Gasteiger partial charge in [-0.15, -0.1) is 0 Å². The molecule has 2 heteroatoms. The zero-order valence-electron chi connectivity index (χ0n) is 7.73. The monoisotopic (exact) mass is 348 g/mol. The van der Waals surface area contributed by atoms with Crippen molar-refractivity contribution in [2.75, 3.05) is 0 Å². The summed E-state index contributed by atoms with van der Waals surface area (Å²) in [6.45, 7) is 0. The molecule has 0 N–H and O–H groups in total. The SMILES string of the molecule is [Br][In]([c]1ccccc1)[c]1ccccc1. The molecule has 0 fully saturated rings. The van der Waals surface area contributed by atoms with Crippen molar-refractivity contribution in [2.45, 2.75) is 0 Å². The van der Waals surface area contributed by atoms with Crippen molar-refractivity contribution < 1.29 is 0 Å². The molecular formula is C12H10BrIn. The van der Waals surface area contributed by atoms with Crippen LogP contribution < -0.4 is 6.64 Å². The van der Waals surface area contributed by atoms with E-state index in [2.05, 4.69) is 73.0 Å². The summed E-state index contributed by atoms with van der Waals surface area (Å²) in [7, 11) is 0. The second-order valence-corrected chi connectivity index (χ2v) is 15.2. The van der Waals surface area contributed by atoms with Crippen molar-refractivity contribution in [2.24, 2.45) is 0 Å². The van der Waals surface area contributed by atoms with Gasteiger partial charge in [0, 0.05) is 0 Å². The third-order valence-electron chi connectivity index (χ3n) is 2.18. The van der Waals surface area contributed by atoms with Crippen LogP contribution in [0, 0.1) is 0 Å². The molecule has 0 aliphatic carbocycles. The molecule has 0 saturated carbocycles. The van der Waals surface area contributed by atoms with Crippen LogP contribution in [-0.2, 0) is 0 Å². The van der Waals surface area contributed by atoms with Crippen LogP contribution in [0.25, 0.3) is 0 Å². The Hall–Kier alpha value is -0.210. The number of hydrogen-bond donors (Lipinski definition) is 0. The number of hydrogen-bond acceptors (Lipinski definition) is 0. The molecule has 2 aromatic carbocycles. The summed E-state index contributed by atoms with van der Waals surface area (Å²) in [6, 6.07) is 21.5. The van der Waals surface area contributed by atoms with Gasteiger partial charge in [-0.05, 0) is 0 Å². The average molecular weight is 349 g/mol. The fourth-order valence-electron chi connectivity index (χ4n) is 1.44. The van der Waals surface area contributed by atoms with Gasteiger partial charge in [0.2, 0.25) is 0 Å². The van der Waals surface area contributed by atoms with Crippen LogP contribution in [0.3, 0.4) is 0 Å². The van der Waals surface area contributed by atoms with Crippen molar-refractivity contribution >= 4 is 38.0 Å². The van der Waals surface area contributed by atoms with Crippen molar-refractivity contribution in [3.05, 3.63) is 60.7 Å². The Morgan fingerprint density at radius 1 is 0.643 bits per heavy atom. The Balaban J connectivity index is 2.30. The number of halogens is 1. The van der Waals surface area contributed by atoms with Crippen LogP contribution in [0.4, 0.5) is 0 Å². The van der Waals surface area contributed by atoms with Gasteiger partial charge in [0.05, 0.1) is 0 Å². The normalized spacial score (nSPS) is 9.79. The Morgan fingerprint density at radius 2 is 1.00 bits per heavy atom. The Kier molecular flexibility index (Phi) is 3.71. The Bertz CT molecular complexity index is 346. The van der Waals surface area contributed by atoms with Gasteiger partial charge in [0.25, 0.3) is 0 Å². The van der Waals surface area contributed by atoms with E-state index in [0.29, 0.717) is 0 Å². The van der Waals surface area contributed by atoms with E-state index in [1.54, 1.807) is 0 Å². The van der Waals surface area contributed by atoms with Gasteiger partial charge < -0.3 is 0 Å². The van der Waals surface area contributed by atoms with Gasteiger partial charge in [0.1, 0.15) is 0 Å². The zero-order valence-corrected chi connectivity index (χ0v) is 12.6. The first-order chi connectivity index (χ1) is 6.88. The number of rotatable bonds is 2. The maximum atomic E-state index is 3.90. The molecule has 2 rings (SSSR count). The molecule has 68 valence electrons. The fraction of sp³-hybridized carbons (Fsp3) is 0. The van der Waals surface area contributed by atoms with E-state index in [1.807, 2.05) is 0 Å². The molecule has 0 radical (unpaired) electrons. The first-order valence-electron chi connectivity index (χ1n) is 4.62. The predicted molar refractivity (Wildman–Crippen MR) is 66.8 cm³/mol. The molecule has 0 aliphatic heterocycles. The molecule has 0 heterocycles. The third-order valence-corrected chi connectivity index (χ3v) is 14.8. The topological polar surface area (TPSA) is 0 Å². The first kappa shape index (κ1) is 10.3. The van der Waals surface area contributed by atoms with E-state index in [9.17, 15) is 0 Å². The molecule has 2 aromatic rings. The van der Waals surface area contributed by atoms with Gasteiger partial charge in [-0.2, -0.15) is 0 Å². The van der Waals surface area contributed by atoms with Gasteiger partial charge in [-0.25, -0.2) is 0 Å². The number of benzene rings is 2. The van der Waals surface area contributed by atoms with E-state index in [4.69, 9.17) is 0 Å². The molecule has 0 atom stereocenters. The van der Waals surface area contributed by atoms with Gasteiger partial charge in [-0.1, -0.05) is 0 Å². The summed E-state index contributed by atoms with van der Waals surface area (Å²) >= 11 is 2.08. The van der Waals surface area contributed by atoms with Crippen LogP contribution in [0.2, 0.25) is 0 Å². The van der Waals surface area contributed by atoms with Crippen LogP contribution in [0.5, 0.6) is 0 Å². The van der Waals surface area contributed by atoms with Crippen molar-refractivity contribution in [3.63, 3.8) is 0 Å². The van der Waals surface area contributed by atoms with Gasteiger partial charge in [0.15, 0.2) is 0 Å². The van der Waals surface area contributed by atoms with Gasteiger partial charge >= 0.3 is 98.7 Å². The van der Waals surface area contributed by atoms with Crippen molar-refractivity contribution in [1.82, 2.24) is 0 Å². The van der Waals surface area contributed by atoms with E-state index in [1.165, 1.54) is 6.64 Å². The van der Waals surface area contributed by atoms with E-state index in [0.717, 1.165) is 0 Å². The van der Waals surface area contributed by atoms with Crippen LogP contribution in [0.15, 0.2) is 60.7 Å². The summed E-state index contributed by atoms with van der Waals surface area (Å²) < 4.78 is 3.00. The van der Waals surface area contributed by atoms with Crippen LogP contribution >= 0.6 is 12.3 Å². The molecule has 0 saturated heterocycles. The summed E-state index contributed by atoms with van der Waals surface area (Å²) in [4.78, 5) is 0. The Labute approximate surface area is 98.0 Å². The van der Waals surface area contributed by atoms with Crippen molar-refractivity contribution in [3.8, 4) is 0 Å². The molecule has 0 amide bonds. The first-order valence-corrected chi connectivity index (χ1v) is 15.3. The third kappa shape index (κ3) is 2.43. The molecule has 0 aliphatic rings. The van der Waals surface area contributed by atoms with Gasteiger partial charge in [-0.3, -0.25) is 0 Å². The second-order valence-electron chi connectivity index (χ2n) is 3.18. The molecule has 0 nitrogen and oxygen atoms in total. The quantitative estimate of drug-likeness (QED) is 0.780. The fourth-order valence-corrected chi connectivity index (χ4v) is 9.83. The van der Waals surface area contributed by atoms with Crippen LogP contribution in [0.1, 0.15) is 0 Å².